The molecule has 1 saturated carbocycles. The van der Waals surface area contributed by atoms with Gasteiger partial charge >= 0.3 is 0 Å². The Kier molecular flexibility index (Phi) is 6.46. The van der Waals surface area contributed by atoms with Crippen LogP contribution in [-0.2, 0) is 13.0 Å². The third-order valence-corrected chi connectivity index (χ3v) is 3.59. The van der Waals surface area contributed by atoms with Gasteiger partial charge in [-0.2, -0.15) is 0 Å². The molecule has 4 nitrogen and oxygen atoms in total. The summed E-state index contributed by atoms with van der Waals surface area (Å²) in [7, 11) is 4.17. The Morgan fingerprint density at radius 2 is 2.14 bits per heavy atom. The number of nitrogens with zero attached hydrogens (tertiary/aromatic N) is 2. The van der Waals surface area contributed by atoms with Crippen molar-refractivity contribution in [2.24, 2.45) is 0 Å². The van der Waals surface area contributed by atoms with E-state index in [9.17, 15) is 0 Å². The van der Waals surface area contributed by atoms with Crippen LogP contribution in [0.1, 0.15) is 43.9 Å². The summed E-state index contributed by atoms with van der Waals surface area (Å²) in [5, 5.41) is 3.56. The largest absolute Gasteiger partial charge is 0.478 e. The van der Waals surface area contributed by atoms with Crippen molar-refractivity contribution in [3.05, 3.63) is 23.4 Å². The highest BCUT2D eigenvalue weighted by molar-refractivity contribution is 5.25. The molecule has 0 atom stereocenters. The average molecular weight is 291 g/mol. The highest BCUT2D eigenvalue weighted by Crippen LogP contribution is 2.20. The minimum absolute atomic E-state index is 0.732. The summed E-state index contributed by atoms with van der Waals surface area (Å²) < 4.78 is 5.84. The lowest BCUT2D eigenvalue weighted by atomic mass is 10.1. The zero-order valence-electron chi connectivity index (χ0n) is 13.7. The number of ether oxygens (including phenoxy) is 1. The topological polar surface area (TPSA) is 37.4 Å². The summed E-state index contributed by atoms with van der Waals surface area (Å²) >= 11 is 0. The van der Waals surface area contributed by atoms with Gasteiger partial charge in [-0.3, -0.25) is 0 Å². The van der Waals surface area contributed by atoms with Crippen LogP contribution in [0.5, 0.6) is 5.88 Å². The number of hydrogen-bond donors (Lipinski definition) is 1. The minimum Gasteiger partial charge on any atom is -0.478 e. The van der Waals surface area contributed by atoms with E-state index >= 15 is 0 Å². The molecule has 0 saturated heterocycles. The molecule has 0 bridgehead atoms. The molecular weight excluding hydrogens is 262 g/mol. The van der Waals surface area contributed by atoms with Gasteiger partial charge in [-0.15, -0.1) is 0 Å². The lowest BCUT2D eigenvalue weighted by molar-refractivity contribution is 0.272. The molecule has 1 aromatic heterocycles. The van der Waals surface area contributed by atoms with Gasteiger partial charge in [0.15, 0.2) is 0 Å². The van der Waals surface area contributed by atoms with Crippen molar-refractivity contribution < 1.29 is 4.74 Å². The summed E-state index contributed by atoms with van der Waals surface area (Å²) in [6.45, 7) is 4.90. The predicted molar refractivity (Wildman–Crippen MR) is 86.8 cm³/mol. The fourth-order valence-corrected chi connectivity index (χ4v) is 2.29. The third-order valence-electron chi connectivity index (χ3n) is 3.59. The smallest absolute Gasteiger partial charge is 0.213 e. The van der Waals surface area contributed by atoms with Crippen molar-refractivity contribution in [2.75, 3.05) is 27.2 Å². The maximum atomic E-state index is 5.84. The first kappa shape index (κ1) is 16.2. The van der Waals surface area contributed by atoms with E-state index in [-0.39, 0.29) is 0 Å². The third kappa shape index (κ3) is 6.44. The van der Waals surface area contributed by atoms with Gasteiger partial charge in [-0.05, 0) is 51.4 Å². The molecule has 0 radical (unpaired) electrons. The molecule has 4 heteroatoms. The van der Waals surface area contributed by atoms with Gasteiger partial charge < -0.3 is 15.0 Å². The SMILES string of the molecule is CCCc1cc(CNC2CC2)cc(OCCCN(C)C)n1. The molecule has 1 N–H and O–H groups in total. The summed E-state index contributed by atoms with van der Waals surface area (Å²) in [5.74, 6) is 0.785. The number of pyridine rings is 1. The Bertz CT molecular complexity index is 430. The minimum atomic E-state index is 0.732. The molecule has 0 aliphatic heterocycles. The monoisotopic (exact) mass is 291 g/mol. The van der Waals surface area contributed by atoms with E-state index < -0.39 is 0 Å². The van der Waals surface area contributed by atoms with Crippen LogP contribution in [0.25, 0.3) is 0 Å². The van der Waals surface area contributed by atoms with E-state index in [0.717, 1.165) is 56.6 Å². The van der Waals surface area contributed by atoms with Crippen molar-refractivity contribution in [3.8, 4) is 5.88 Å². The summed E-state index contributed by atoms with van der Waals surface area (Å²) in [6, 6.07) is 5.03. The molecule has 0 unspecified atom stereocenters. The quantitative estimate of drug-likeness (QED) is 0.672. The van der Waals surface area contributed by atoms with Crippen molar-refractivity contribution in [3.63, 3.8) is 0 Å². The van der Waals surface area contributed by atoms with Gasteiger partial charge in [0, 0.05) is 30.9 Å². The number of aryl methyl sites for hydroxylation is 1. The molecule has 0 aromatic carbocycles. The Morgan fingerprint density at radius 3 is 2.81 bits per heavy atom. The lowest BCUT2D eigenvalue weighted by Crippen LogP contribution is -2.17. The number of aromatic nitrogens is 1. The Morgan fingerprint density at radius 1 is 1.33 bits per heavy atom. The second-order valence-corrected chi connectivity index (χ2v) is 6.22. The van der Waals surface area contributed by atoms with Gasteiger partial charge in [0.05, 0.1) is 6.61 Å². The summed E-state index contributed by atoms with van der Waals surface area (Å²) in [4.78, 5) is 6.79. The molecule has 118 valence electrons. The van der Waals surface area contributed by atoms with Crippen molar-refractivity contribution >= 4 is 0 Å². The second-order valence-electron chi connectivity index (χ2n) is 6.22. The van der Waals surface area contributed by atoms with Crippen molar-refractivity contribution in [2.45, 2.75) is 51.6 Å². The van der Waals surface area contributed by atoms with Gasteiger partial charge in [0.2, 0.25) is 5.88 Å². The fraction of sp³-hybridized carbons (Fsp3) is 0.706. The van der Waals surface area contributed by atoms with Crippen LogP contribution in [0.4, 0.5) is 0 Å². The van der Waals surface area contributed by atoms with E-state index in [1.165, 1.54) is 18.4 Å². The molecule has 21 heavy (non-hydrogen) atoms. The van der Waals surface area contributed by atoms with Crippen LogP contribution in [0.3, 0.4) is 0 Å². The Labute approximate surface area is 128 Å². The lowest BCUT2D eigenvalue weighted by Gasteiger charge is -2.12. The second kappa shape index (κ2) is 8.35. The molecule has 1 aliphatic carbocycles. The molecule has 1 fully saturated rings. The number of nitrogens with one attached hydrogen (secondary N) is 1. The van der Waals surface area contributed by atoms with Gasteiger partial charge in [-0.25, -0.2) is 4.98 Å². The first-order valence-corrected chi connectivity index (χ1v) is 8.18. The van der Waals surface area contributed by atoms with Crippen LogP contribution < -0.4 is 10.1 Å². The van der Waals surface area contributed by atoms with Crippen LogP contribution in [-0.4, -0.2) is 43.2 Å². The van der Waals surface area contributed by atoms with E-state index in [1.807, 2.05) is 0 Å². The van der Waals surface area contributed by atoms with Crippen LogP contribution >= 0.6 is 0 Å². The summed E-state index contributed by atoms with van der Waals surface area (Å²) in [6.07, 6.45) is 5.81. The van der Waals surface area contributed by atoms with Crippen LogP contribution in [0.15, 0.2) is 12.1 Å². The zero-order chi connectivity index (χ0) is 15.1. The van der Waals surface area contributed by atoms with E-state index in [2.05, 4.69) is 48.4 Å². The highest BCUT2D eigenvalue weighted by atomic mass is 16.5. The Hall–Kier alpha value is -1.13. The number of hydrogen-bond acceptors (Lipinski definition) is 4. The normalized spacial score (nSPS) is 14.7. The zero-order valence-corrected chi connectivity index (χ0v) is 13.7. The highest BCUT2D eigenvalue weighted by Gasteiger charge is 2.20. The Balaban J connectivity index is 1.89. The molecule has 1 aromatic rings. The van der Waals surface area contributed by atoms with Gasteiger partial charge in [0.25, 0.3) is 0 Å². The van der Waals surface area contributed by atoms with Gasteiger partial charge in [0.1, 0.15) is 0 Å². The first-order valence-electron chi connectivity index (χ1n) is 8.18. The maximum absolute atomic E-state index is 5.84. The summed E-state index contributed by atoms with van der Waals surface area (Å²) in [5.41, 5.74) is 2.44. The molecule has 1 aliphatic rings. The van der Waals surface area contributed by atoms with Crippen LogP contribution in [0, 0.1) is 0 Å². The maximum Gasteiger partial charge on any atom is 0.213 e. The first-order chi connectivity index (χ1) is 10.2. The fourth-order valence-electron chi connectivity index (χ4n) is 2.29. The van der Waals surface area contributed by atoms with E-state index in [4.69, 9.17) is 4.74 Å². The van der Waals surface area contributed by atoms with Crippen molar-refractivity contribution in [1.29, 1.82) is 0 Å². The van der Waals surface area contributed by atoms with Crippen LogP contribution in [0.2, 0.25) is 0 Å². The van der Waals surface area contributed by atoms with Crippen molar-refractivity contribution in [1.82, 2.24) is 15.2 Å². The van der Waals surface area contributed by atoms with E-state index in [0.29, 0.717) is 0 Å². The average Bonchev–Trinajstić information content (AvgIpc) is 3.26. The number of rotatable bonds is 10. The molecule has 2 rings (SSSR count). The molecular formula is C17H29N3O. The van der Waals surface area contributed by atoms with Gasteiger partial charge in [-0.1, -0.05) is 13.3 Å². The predicted octanol–water partition coefficient (Wildman–Crippen LogP) is 2.62. The molecule has 0 amide bonds. The molecule has 0 spiro atoms. The molecule has 1 heterocycles. The van der Waals surface area contributed by atoms with E-state index in [1.54, 1.807) is 0 Å². The standard InChI is InChI=1S/C17H29N3O/c1-4-6-16-11-14(13-18-15-7-8-15)12-17(19-16)21-10-5-9-20(2)3/h11-12,15,18H,4-10,13H2,1-3H3.